The van der Waals surface area contributed by atoms with Crippen molar-refractivity contribution in [2.75, 3.05) is 49.5 Å². The second kappa shape index (κ2) is 11.2. The first-order valence-electron chi connectivity index (χ1n) is 13.3. The van der Waals surface area contributed by atoms with Crippen LogP contribution in [0, 0.1) is 5.92 Å². The SMILES string of the molecule is Cn1cccc1C(=O)N1CCN(C(=O)Nc2ccc(N3CCC(C4CCCCN4)CC3=C=O)cc2)CC1. The number of aromatic nitrogens is 1. The zero-order valence-corrected chi connectivity index (χ0v) is 21.5. The Morgan fingerprint density at radius 2 is 1.73 bits per heavy atom. The van der Waals surface area contributed by atoms with Crippen molar-refractivity contribution in [1.29, 1.82) is 0 Å². The minimum absolute atomic E-state index is 0.00840. The van der Waals surface area contributed by atoms with Gasteiger partial charge in [0.05, 0.1) is 0 Å². The predicted molar refractivity (Wildman–Crippen MR) is 143 cm³/mol. The van der Waals surface area contributed by atoms with E-state index >= 15 is 0 Å². The third kappa shape index (κ3) is 5.58. The predicted octanol–water partition coefficient (Wildman–Crippen LogP) is 3.09. The van der Waals surface area contributed by atoms with E-state index in [2.05, 4.69) is 21.5 Å². The van der Waals surface area contributed by atoms with Crippen LogP contribution in [-0.4, -0.2) is 77.6 Å². The molecule has 3 aliphatic heterocycles. The van der Waals surface area contributed by atoms with Gasteiger partial charge in [0.1, 0.15) is 17.3 Å². The van der Waals surface area contributed by atoms with Crippen LogP contribution >= 0.6 is 0 Å². The van der Waals surface area contributed by atoms with Gasteiger partial charge in [-0.2, -0.15) is 0 Å². The molecule has 4 heterocycles. The number of anilines is 2. The molecule has 0 radical (unpaired) electrons. The summed E-state index contributed by atoms with van der Waals surface area (Å²) in [7, 11) is 1.86. The summed E-state index contributed by atoms with van der Waals surface area (Å²) in [4.78, 5) is 42.9. The molecular weight excluding hydrogens is 468 g/mol. The Labute approximate surface area is 218 Å². The third-order valence-electron chi connectivity index (χ3n) is 7.99. The van der Waals surface area contributed by atoms with E-state index in [-0.39, 0.29) is 11.9 Å². The number of hydrogen-bond acceptors (Lipinski definition) is 5. The number of nitrogens with one attached hydrogen (secondary N) is 2. The van der Waals surface area contributed by atoms with Crippen molar-refractivity contribution in [3.05, 3.63) is 54.0 Å². The minimum atomic E-state index is -0.173. The number of carbonyl (C=O) groups is 2. The zero-order chi connectivity index (χ0) is 25.8. The van der Waals surface area contributed by atoms with Crippen LogP contribution in [0.15, 0.2) is 48.3 Å². The van der Waals surface area contributed by atoms with Gasteiger partial charge in [0.15, 0.2) is 0 Å². The van der Waals surface area contributed by atoms with Gasteiger partial charge < -0.3 is 29.9 Å². The molecule has 2 unspecified atom stereocenters. The van der Waals surface area contributed by atoms with Crippen molar-refractivity contribution >= 4 is 29.3 Å². The van der Waals surface area contributed by atoms with Gasteiger partial charge in [0.25, 0.3) is 5.91 Å². The summed E-state index contributed by atoms with van der Waals surface area (Å²) >= 11 is 0. The molecule has 0 spiro atoms. The van der Waals surface area contributed by atoms with Crippen molar-refractivity contribution in [1.82, 2.24) is 19.7 Å². The molecule has 0 bridgehead atoms. The molecule has 1 aromatic carbocycles. The van der Waals surface area contributed by atoms with Gasteiger partial charge in [-0.1, -0.05) is 6.42 Å². The lowest BCUT2D eigenvalue weighted by atomic mass is 9.83. The molecule has 37 heavy (non-hydrogen) atoms. The molecule has 9 heteroatoms. The van der Waals surface area contributed by atoms with E-state index in [9.17, 15) is 14.4 Å². The molecule has 1 aromatic heterocycles. The molecule has 2 N–H and O–H groups in total. The van der Waals surface area contributed by atoms with Crippen LogP contribution in [0.1, 0.15) is 42.6 Å². The maximum atomic E-state index is 12.8. The summed E-state index contributed by atoms with van der Waals surface area (Å²) < 4.78 is 1.81. The first-order valence-corrected chi connectivity index (χ1v) is 13.3. The summed E-state index contributed by atoms with van der Waals surface area (Å²) in [6, 6.07) is 11.6. The highest BCUT2D eigenvalue weighted by Gasteiger charge is 2.31. The second-order valence-corrected chi connectivity index (χ2v) is 10.3. The highest BCUT2D eigenvalue weighted by atomic mass is 16.2. The lowest BCUT2D eigenvalue weighted by Gasteiger charge is -2.39. The minimum Gasteiger partial charge on any atom is -0.347 e. The van der Waals surface area contributed by atoms with Crippen LogP contribution in [-0.2, 0) is 11.8 Å². The van der Waals surface area contributed by atoms with E-state index < -0.39 is 0 Å². The smallest absolute Gasteiger partial charge is 0.321 e. The zero-order valence-electron chi connectivity index (χ0n) is 21.5. The Bertz CT molecular complexity index is 1150. The van der Waals surface area contributed by atoms with Gasteiger partial charge in [-0.3, -0.25) is 4.79 Å². The quantitative estimate of drug-likeness (QED) is 0.625. The number of amides is 3. The van der Waals surface area contributed by atoms with Crippen molar-refractivity contribution in [3.63, 3.8) is 0 Å². The molecule has 3 aliphatic rings. The number of hydrogen-bond donors (Lipinski definition) is 2. The molecule has 3 saturated heterocycles. The normalized spacial score (nSPS) is 22.5. The van der Waals surface area contributed by atoms with Crippen LogP contribution < -0.4 is 15.5 Å². The largest absolute Gasteiger partial charge is 0.347 e. The maximum Gasteiger partial charge on any atom is 0.321 e. The Balaban J connectivity index is 1.13. The van der Waals surface area contributed by atoms with Crippen LogP contribution in [0.2, 0.25) is 0 Å². The first kappa shape index (κ1) is 25.1. The molecule has 2 atom stereocenters. The number of rotatable bonds is 4. The third-order valence-corrected chi connectivity index (χ3v) is 7.99. The number of piperidine rings is 2. The lowest BCUT2D eigenvalue weighted by Crippen LogP contribution is -2.51. The summed E-state index contributed by atoms with van der Waals surface area (Å²) in [6.07, 6.45) is 7.32. The number of benzene rings is 1. The van der Waals surface area contributed by atoms with E-state index in [0.29, 0.717) is 55.2 Å². The monoisotopic (exact) mass is 504 g/mol. The molecule has 3 amide bonds. The molecule has 196 valence electrons. The number of urea groups is 1. The van der Waals surface area contributed by atoms with Crippen molar-refractivity contribution in [2.24, 2.45) is 13.0 Å². The maximum absolute atomic E-state index is 12.8. The highest BCUT2D eigenvalue weighted by molar-refractivity contribution is 5.93. The number of allylic oxidation sites excluding steroid dienone is 1. The fourth-order valence-electron chi connectivity index (χ4n) is 5.78. The van der Waals surface area contributed by atoms with E-state index in [0.717, 1.165) is 31.6 Å². The molecule has 2 aromatic rings. The van der Waals surface area contributed by atoms with E-state index in [1.54, 1.807) is 9.80 Å². The number of nitrogens with zero attached hydrogens (tertiary/aromatic N) is 4. The lowest BCUT2D eigenvalue weighted by molar-refractivity contribution is 0.0662. The standard InChI is InChI=1S/C28H36N6O3/c1-31-13-4-6-26(31)27(36)32-15-17-33(18-16-32)28(37)30-22-7-9-23(10-8-22)34-14-11-21(19-24(34)20-35)25-5-2-3-12-29-25/h4,6-10,13,21,25,29H,2-3,5,11-12,14-19H2,1H3,(H,30,37). The fraction of sp³-hybridized carbons (Fsp3) is 0.500. The van der Waals surface area contributed by atoms with Gasteiger partial charge >= 0.3 is 6.03 Å². The topological polar surface area (TPSA) is 89.9 Å². The summed E-state index contributed by atoms with van der Waals surface area (Å²) in [5, 5.41) is 6.60. The molecule has 0 saturated carbocycles. The number of carbonyl (C=O) groups excluding carboxylic acids is 3. The van der Waals surface area contributed by atoms with Gasteiger partial charge in [-0.25, -0.2) is 9.59 Å². The van der Waals surface area contributed by atoms with Gasteiger partial charge in [0, 0.05) is 69.8 Å². The summed E-state index contributed by atoms with van der Waals surface area (Å²) in [5.74, 6) is 2.67. The Kier molecular flexibility index (Phi) is 7.63. The van der Waals surface area contributed by atoms with Gasteiger partial charge in [0.2, 0.25) is 0 Å². The highest BCUT2D eigenvalue weighted by Crippen LogP contribution is 2.33. The van der Waals surface area contributed by atoms with Gasteiger partial charge in [-0.15, -0.1) is 0 Å². The van der Waals surface area contributed by atoms with E-state index in [1.165, 1.54) is 19.3 Å². The van der Waals surface area contributed by atoms with E-state index in [1.807, 2.05) is 54.2 Å². The Morgan fingerprint density at radius 3 is 2.38 bits per heavy atom. The average molecular weight is 505 g/mol. The van der Waals surface area contributed by atoms with Crippen LogP contribution in [0.3, 0.4) is 0 Å². The average Bonchev–Trinajstić information content (AvgIpc) is 3.39. The molecule has 5 rings (SSSR count). The summed E-state index contributed by atoms with van der Waals surface area (Å²) in [5.41, 5.74) is 3.01. The fourth-order valence-corrected chi connectivity index (χ4v) is 5.78. The van der Waals surface area contributed by atoms with Crippen LogP contribution in [0.5, 0.6) is 0 Å². The van der Waals surface area contributed by atoms with Crippen molar-refractivity contribution in [3.8, 4) is 0 Å². The van der Waals surface area contributed by atoms with Crippen LogP contribution in [0.4, 0.5) is 16.2 Å². The molecule has 9 nitrogen and oxygen atoms in total. The molecular formula is C28H36N6O3. The second-order valence-electron chi connectivity index (χ2n) is 10.3. The molecule has 3 fully saturated rings. The van der Waals surface area contributed by atoms with Crippen LogP contribution in [0.25, 0.3) is 0 Å². The summed E-state index contributed by atoms with van der Waals surface area (Å²) in [6.45, 7) is 3.84. The Morgan fingerprint density at radius 1 is 0.973 bits per heavy atom. The Hall–Kier alpha value is -3.55. The number of piperazine rings is 1. The van der Waals surface area contributed by atoms with Crippen molar-refractivity contribution in [2.45, 2.75) is 38.1 Å². The first-order chi connectivity index (χ1) is 18.0. The number of aryl methyl sites for hydroxylation is 1. The van der Waals surface area contributed by atoms with Gasteiger partial charge in [-0.05, 0) is 68.1 Å². The van der Waals surface area contributed by atoms with Crippen molar-refractivity contribution < 1.29 is 14.4 Å². The van der Waals surface area contributed by atoms with E-state index in [4.69, 9.17) is 0 Å². The molecule has 0 aliphatic carbocycles.